The first kappa shape index (κ1) is 22.1. The Hall–Kier alpha value is -1.93. The lowest BCUT2D eigenvalue weighted by Gasteiger charge is -2.20. The number of alkyl carbamates (subject to hydrolysis) is 1. The second-order valence-corrected chi connectivity index (χ2v) is 8.94. The minimum absolute atomic E-state index is 0.00577. The summed E-state index contributed by atoms with van der Waals surface area (Å²) in [5, 5.41) is 3.56. The van der Waals surface area contributed by atoms with Gasteiger partial charge in [0.15, 0.2) is 0 Å². The van der Waals surface area contributed by atoms with Gasteiger partial charge < -0.3 is 10.1 Å². The van der Waals surface area contributed by atoms with E-state index < -0.39 is 27.5 Å². The molecule has 1 rings (SSSR count). The molecule has 1 aromatic carbocycles. The van der Waals surface area contributed by atoms with E-state index in [-0.39, 0.29) is 12.5 Å². The fraction of sp³-hybridized carbons (Fsp3) is 0.500. The van der Waals surface area contributed by atoms with Crippen LogP contribution in [0.5, 0.6) is 0 Å². The van der Waals surface area contributed by atoms with Gasteiger partial charge in [-0.2, -0.15) is 0 Å². The van der Waals surface area contributed by atoms with Crippen LogP contribution in [0.4, 0.5) is 9.18 Å². The Labute approximate surface area is 154 Å². The average Bonchev–Trinajstić information content (AvgIpc) is 2.48. The minimum atomic E-state index is -3.59. The van der Waals surface area contributed by atoms with Gasteiger partial charge >= 0.3 is 6.09 Å². The van der Waals surface area contributed by atoms with Gasteiger partial charge in [0.2, 0.25) is 10.0 Å². The Morgan fingerprint density at radius 1 is 1.31 bits per heavy atom. The summed E-state index contributed by atoms with van der Waals surface area (Å²) in [6, 6.07) is 3.92. The molecule has 0 atom stereocenters. The molecule has 0 heterocycles. The molecule has 0 aliphatic rings. The van der Waals surface area contributed by atoms with E-state index in [2.05, 4.69) is 10.0 Å². The molecule has 0 aliphatic heterocycles. The number of benzene rings is 1. The zero-order valence-corrected chi connectivity index (χ0v) is 16.6. The lowest BCUT2D eigenvalue weighted by atomic mass is 10.1. The van der Waals surface area contributed by atoms with Crippen LogP contribution in [0.25, 0.3) is 6.08 Å². The van der Waals surface area contributed by atoms with Crippen LogP contribution < -0.4 is 10.0 Å². The van der Waals surface area contributed by atoms with Crippen LogP contribution in [0, 0.1) is 11.7 Å². The van der Waals surface area contributed by atoms with Crippen LogP contribution in [0.3, 0.4) is 0 Å². The number of ether oxygens (including phenoxy) is 1. The van der Waals surface area contributed by atoms with Gasteiger partial charge in [-0.25, -0.2) is 22.3 Å². The topological polar surface area (TPSA) is 84.5 Å². The molecule has 0 unspecified atom stereocenters. The lowest BCUT2D eigenvalue weighted by Crippen LogP contribution is -2.32. The number of rotatable bonds is 7. The molecule has 0 bridgehead atoms. The Bertz CT molecular complexity index is 753. The smallest absolute Gasteiger partial charge is 0.407 e. The third-order valence-corrected chi connectivity index (χ3v) is 4.11. The van der Waals surface area contributed by atoms with Gasteiger partial charge in [-0.1, -0.05) is 19.9 Å². The van der Waals surface area contributed by atoms with Gasteiger partial charge in [-0.05, 0) is 56.0 Å². The highest BCUT2D eigenvalue weighted by Gasteiger charge is 2.16. The third-order valence-electron chi connectivity index (χ3n) is 3.05. The number of carbonyl (C=O) groups is 1. The highest BCUT2D eigenvalue weighted by Crippen LogP contribution is 2.15. The molecule has 146 valence electrons. The normalized spacial score (nSPS) is 12.6. The molecule has 1 amide bonds. The maximum absolute atomic E-state index is 13.5. The lowest BCUT2D eigenvalue weighted by molar-refractivity contribution is 0.0523. The number of amides is 1. The summed E-state index contributed by atoms with van der Waals surface area (Å²) in [5.74, 6) is -0.304. The van der Waals surface area contributed by atoms with Gasteiger partial charge in [0, 0.05) is 18.5 Å². The van der Waals surface area contributed by atoms with E-state index in [1.807, 2.05) is 13.8 Å². The standard InChI is InChI=1S/C18H27FN2O4S/c1-13(2)11-21-26(23,24)9-8-14-6-7-16(19)10-15(14)12-20-17(22)25-18(3,4)5/h6-10,13,21H,11-12H2,1-5H3,(H,20,22)/b9-8+. The zero-order chi connectivity index (χ0) is 20.0. The molecule has 0 aromatic heterocycles. The predicted molar refractivity (Wildman–Crippen MR) is 100 cm³/mol. The highest BCUT2D eigenvalue weighted by molar-refractivity contribution is 7.92. The van der Waals surface area contributed by atoms with Crippen LogP contribution >= 0.6 is 0 Å². The molecular formula is C18H27FN2O4S. The van der Waals surface area contributed by atoms with Crippen LogP contribution in [-0.2, 0) is 21.3 Å². The number of hydrogen-bond acceptors (Lipinski definition) is 4. The summed E-state index contributed by atoms with van der Waals surface area (Å²) in [7, 11) is -3.59. The van der Waals surface area contributed by atoms with Crippen molar-refractivity contribution in [3.8, 4) is 0 Å². The minimum Gasteiger partial charge on any atom is -0.444 e. The molecule has 0 radical (unpaired) electrons. The molecule has 1 aromatic rings. The largest absolute Gasteiger partial charge is 0.444 e. The van der Waals surface area contributed by atoms with Crippen molar-refractivity contribution in [2.24, 2.45) is 5.92 Å². The molecule has 8 heteroatoms. The molecule has 0 spiro atoms. The Morgan fingerprint density at radius 3 is 2.54 bits per heavy atom. The molecule has 0 saturated carbocycles. The first-order valence-corrected chi connectivity index (χ1v) is 9.85. The van der Waals surface area contributed by atoms with Crippen molar-refractivity contribution in [2.75, 3.05) is 6.54 Å². The Morgan fingerprint density at radius 2 is 1.96 bits per heavy atom. The molecule has 26 heavy (non-hydrogen) atoms. The number of carbonyl (C=O) groups excluding carboxylic acids is 1. The van der Waals surface area contributed by atoms with Crippen molar-refractivity contribution in [3.05, 3.63) is 40.6 Å². The average molecular weight is 386 g/mol. The van der Waals surface area contributed by atoms with E-state index in [9.17, 15) is 17.6 Å². The summed E-state index contributed by atoms with van der Waals surface area (Å²) >= 11 is 0. The summed E-state index contributed by atoms with van der Waals surface area (Å²) in [6.45, 7) is 9.32. The van der Waals surface area contributed by atoms with Crippen LogP contribution in [0.2, 0.25) is 0 Å². The molecular weight excluding hydrogens is 359 g/mol. The van der Waals surface area contributed by atoms with E-state index in [1.165, 1.54) is 24.3 Å². The van der Waals surface area contributed by atoms with Gasteiger partial charge in [0.1, 0.15) is 11.4 Å². The quantitative estimate of drug-likeness (QED) is 0.752. The van der Waals surface area contributed by atoms with Crippen LogP contribution in [0.15, 0.2) is 23.6 Å². The second-order valence-electron chi connectivity index (χ2n) is 7.29. The van der Waals surface area contributed by atoms with Gasteiger partial charge in [-0.3, -0.25) is 0 Å². The van der Waals surface area contributed by atoms with Gasteiger partial charge in [-0.15, -0.1) is 0 Å². The fourth-order valence-electron chi connectivity index (χ4n) is 1.87. The summed E-state index contributed by atoms with van der Waals surface area (Å²) in [5.41, 5.74) is 0.272. The Kier molecular flexibility index (Phi) is 7.77. The SMILES string of the molecule is CC(C)CNS(=O)(=O)/C=C/c1ccc(F)cc1CNC(=O)OC(C)(C)C. The van der Waals surface area contributed by atoms with Crippen molar-refractivity contribution in [1.29, 1.82) is 0 Å². The number of hydrogen-bond donors (Lipinski definition) is 2. The second kappa shape index (κ2) is 9.14. The monoisotopic (exact) mass is 386 g/mol. The summed E-state index contributed by atoms with van der Waals surface area (Å²) < 4.78 is 45.0. The molecule has 0 fully saturated rings. The zero-order valence-electron chi connectivity index (χ0n) is 15.8. The first-order chi connectivity index (χ1) is 11.9. The van der Waals surface area contributed by atoms with Gasteiger partial charge in [0.25, 0.3) is 0 Å². The van der Waals surface area contributed by atoms with E-state index in [4.69, 9.17) is 4.74 Å². The van der Waals surface area contributed by atoms with Crippen molar-refractivity contribution < 1.29 is 22.3 Å². The van der Waals surface area contributed by atoms with E-state index in [0.717, 1.165) is 5.41 Å². The first-order valence-electron chi connectivity index (χ1n) is 8.31. The Balaban J connectivity index is 2.87. The van der Waals surface area contributed by atoms with Crippen LogP contribution in [-0.4, -0.2) is 26.7 Å². The molecule has 6 nitrogen and oxygen atoms in total. The van der Waals surface area contributed by atoms with Crippen molar-refractivity contribution in [2.45, 2.75) is 46.8 Å². The third kappa shape index (κ3) is 8.96. The summed E-state index contributed by atoms with van der Waals surface area (Å²) in [4.78, 5) is 11.7. The molecule has 0 aliphatic carbocycles. The fourth-order valence-corrected chi connectivity index (χ4v) is 2.85. The van der Waals surface area contributed by atoms with Crippen molar-refractivity contribution in [3.63, 3.8) is 0 Å². The maximum atomic E-state index is 13.5. The molecule has 2 N–H and O–H groups in total. The van der Waals surface area contributed by atoms with Crippen LogP contribution in [0.1, 0.15) is 45.7 Å². The number of nitrogens with one attached hydrogen (secondary N) is 2. The summed E-state index contributed by atoms with van der Waals surface area (Å²) in [6.07, 6.45) is 0.733. The van der Waals surface area contributed by atoms with Crippen molar-refractivity contribution in [1.82, 2.24) is 10.0 Å². The highest BCUT2D eigenvalue weighted by atomic mass is 32.2. The molecule has 0 saturated heterocycles. The maximum Gasteiger partial charge on any atom is 0.407 e. The van der Waals surface area contributed by atoms with E-state index in [1.54, 1.807) is 20.8 Å². The number of sulfonamides is 1. The number of halogens is 1. The van der Waals surface area contributed by atoms with E-state index in [0.29, 0.717) is 17.7 Å². The predicted octanol–water partition coefficient (Wildman–Crippen LogP) is 3.40. The van der Waals surface area contributed by atoms with Gasteiger partial charge in [0.05, 0.1) is 0 Å². The van der Waals surface area contributed by atoms with Crippen molar-refractivity contribution >= 4 is 22.2 Å². The van der Waals surface area contributed by atoms with E-state index >= 15 is 0 Å².